The Labute approximate surface area is 126 Å². The first-order chi connectivity index (χ1) is 10.1. The Morgan fingerprint density at radius 2 is 1.81 bits per heavy atom. The first-order valence-electron chi connectivity index (χ1n) is 6.38. The molecule has 0 radical (unpaired) electrons. The van der Waals surface area contributed by atoms with Crippen molar-refractivity contribution in [3.05, 3.63) is 53.6 Å². The Kier molecular flexibility index (Phi) is 3.50. The number of carbonyl (C=O) groups is 1. The van der Waals surface area contributed by atoms with Gasteiger partial charge in [-0.25, -0.2) is 9.78 Å². The number of anilines is 2. The van der Waals surface area contributed by atoms with Crippen LogP contribution in [0.15, 0.2) is 48.5 Å². The summed E-state index contributed by atoms with van der Waals surface area (Å²) in [6.45, 7) is 0. The summed E-state index contributed by atoms with van der Waals surface area (Å²) in [5.74, 6) is 0.489. The van der Waals surface area contributed by atoms with Crippen LogP contribution < -0.4 is 10.6 Å². The van der Waals surface area contributed by atoms with Gasteiger partial charge in [-0.05, 0) is 36.4 Å². The van der Waals surface area contributed by atoms with Crippen LogP contribution in [0, 0.1) is 0 Å². The lowest BCUT2D eigenvalue weighted by Crippen LogP contribution is -2.21. The van der Waals surface area contributed by atoms with E-state index in [0.29, 0.717) is 16.7 Å². The summed E-state index contributed by atoms with van der Waals surface area (Å²) in [5, 5.41) is 6.08. The van der Waals surface area contributed by atoms with Crippen LogP contribution in [0.3, 0.4) is 0 Å². The molecule has 3 aromatic rings. The molecule has 0 unspecified atom stereocenters. The zero-order valence-corrected chi connectivity index (χ0v) is 12.1. The van der Waals surface area contributed by atoms with E-state index in [1.54, 1.807) is 24.3 Å². The van der Waals surface area contributed by atoms with Gasteiger partial charge in [0, 0.05) is 17.8 Å². The summed E-state index contributed by atoms with van der Waals surface area (Å²) in [4.78, 5) is 16.4. The summed E-state index contributed by atoms with van der Waals surface area (Å²) >= 11 is 5.80. The molecule has 0 saturated heterocycles. The summed E-state index contributed by atoms with van der Waals surface area (Å²) < 4.78 is 1.83. The van der Waals surface area contributed by atoms with E-state index in [9.17, 15) is 4.79 Å². The van der Waals surface area contributed by atoms with E-state index in [-0.39, 0.29) is 6.03 Å². The van der Waals surface area contributed by atoms with Gasteiger partial charge in [0.15, 0.2) is 0 Å². The predicted molar refractivity (Wildman–Crippen MR) is 84.8 cm³/mol. The molecule has 2 amide bonds. The van der Waals surface area contributed by atoms with Crippen LogP contribution in [0.25, 0.3) is 11.0 Å². The Morgan fingerprint density at radius 1 is 1.10 bits per heavy atom. The van der Waals surface area contributed by atoms with Crippen molar-refractivity contribution in [2.45, 2.75) is 0 Å². The topological polar surface area (TPSA) is 59.0 Å². The van der Waals surface area contributed by atoms with E-state index >= 15 is 0 Å². The number of halogens is 1. The Balaban J connectivity index is 1.77. The minimum Gasteiger partial charge on any atom is -0.313 e. The number of nitrogens with zero attached hydrogens (tertiary/aromatic N) is 2. The molecular weight excluding hydrogens is 288 g/mol. The molecule has 1 heterocycles. The maximum atomic E-state index is 12.0. The molecule has 0 fully saturated rings. The molecule has 0 atom stereocenters. The van der Waals surface area contributed by atoms with Crippen LogP contribution in [0.2, 0.25) is 5.02 Å². The van der Waals surface area contributed by atoms with Crippen molar-refractivity contribution in [1.29, 1.82) is 0 Å². The molecule has 0 aliphatic carbocycles. The maximum Gasteiger partial charge on any atom is 0.326 e. The lowest BCUT2D eigenvalue weighted by molar-refractivity contribution is 0.262. The van der Waals surface area contributed by atoms with Gasteiger partial charge in [0.2, 0.25) is 5.95 Å². The largest absolute Gasteiger partial charge is 0.326 e. The molecule has 2 aromatic carbocycles. The zero-order valence-electron chi connectivity index (χ0n) is 11.3. The Hall–Kier alpha value is -2.53. The Morgan fingerprint density at radius 3 is 2.52 bits per heavy atom. The molecule has 1 aromatic heterocycles. The van der Waals surface area contributed by atoms with E-state index in [1.807, 2.05) is 35.9 Å². The number of aromatic nitrogens is 2. The highest BCUT2D eigenvalue weighted by Crippen LogP contribution is 2.18. The summed E-state index contributed by atoms with van der Waals surface area (Å²) in [6.07, 6.45) is 0. The summed E-state index contributed by atoms with van der Waals surface area (Å²) in [7, 11) is 1.85. The number of amides is 2. The number of hydrogen-bond acceptors (Lipinski definition) is 2. The molecule has 0 bridgehead atoms. The van der Waals surface area contributed by atoms with Gasteiger partial charge in [-0.1, -0.05) is 23.7 Å². The van der Waals surface area contributed by atoms with Gasteiger partial charge in [-0.3, -0.25) is 5.32 Å². The van der Waals surface area contributed by atoms with E-state index in [4.69, 9.17) is 11.6 Å². The van der Waals surface area contributed by atoms with Crippen molar-refractivity contribution in [1.82, 2.24) is 9.55 Å². The number of benzene rings is 2. The van der Waals surface area contributed by atoms with Crippen molar-refractivity contribution in [2.75, 3.05) is 10.6 Å². The average Bonchev–Trinajstić information content (AvgIpc) is 2.78. The molecule has 5 nitrogen and oxygen atoms in total. The zero-order chi connectivity index (χ0) is 14.8. The fraction of sp³-hybridized carbons (Fsp3) is 0.0667. The minimum absolute atomic E-state index is 0.351. The van der Waals surface area contributed by atoms with Gasteiger partial charge in [-0.15, -0.1) is 0 Å². The predicted octanol–water partition coefficient (Wildman–Crippen LogP) is 3.87. The van der Waals surface area contributed by atoms with Crippen molar-refractivity contribution in [3.63, 3.8) is 0 Å². The Bertz CT molecular complexity index is 795. The number of nitrogens with one attached hydrogen (secondary N) is 2. The molecule has 0 spiro atoms. The van der Waals surface area contributed by atoms with Gasteiger partial charge in [0.05, 0.1) is 11.0 Å². The SMILES string of the molecule is Cn1c(NC(=O)Nc2ccc(Cl)cc2)nc2ccccc21. The van der Waals surface area contributed by atoms with Gasteiger partial charge in [0.25, 0.3) is 0 Å². The standard InChI is InChI=1S/C15H13ClN4O/c1-20-13-5-3-2-4-12(13)18-14(20)19-15(21)17-11-8-6-10(16)7-9-11/h2-9H,1H3,(H2,17,18,19,21). The molecule has 2 N–H and O–H groups in total. The second-order valence-corrected chi connectivity index (χ2v) is 5.01. The smallest absolute Gasteiger partial charge is 0.313 e. The number of para-hydroxylation sites is 2. The van der Waals surface area contributed by atoms with E-state index in [1.165, 1.54) is 0 Å². The van der Waals surface area contributed by atoms with Crippen LogP contribution in [0.4, 0.5) is 16.4 Å². The fourth-order valence-corrected chi connectivity index (χ4v) is 2.18. The highest BCUT2D eigenvalue weighted by molar-refractivity contribution is 6.30. The molecular formula is C15H13ClN4O. The van der Waals surface area contributed by atoms with E-state index < -0.39 is 0 Å². The highest BCUT2D eigenvalue weighted by Gasteiger charge is 2.10. The normalized spacial score (nSPS) is 10.6. The number of hydrogen-bond donors (Lipinski definition) is 2. The minimum atomic E-state index is -0.351. The molecule has 3 rings (SSSR count). The number of fused-ring (bicyclic) bond motifs is 1. The van der Waals surface area contributed by atoms with E-state index in [2.05, 4.69) is 15.6 Å². The van der Waals surface area contributed by atoms with Crippen LogP contribution in [-0.4, -0.2) is 15.6 Å². The lowest BCUT2D eigenvalue weighted by Gasteiger charge is -2.07. The third-order valence-corrected chi connectivity index (χ3v) is 3.37. The monoisotopic (exact) mass is 300 g/mol. The molecule has 0 aliphatic rings. The van der Waals surface area contributed by atoms with Crippen LogP contribution in [0.5, 0.6) is 0 Å². The average molecular weight is 301 g/mol. The number of imidazole rings is 1. The van der Waals surface area contributed by atoms with Gasteiger partial charge in [-0.2, -0.15) is 0 Å². The van der Waals surface area contributed by atoms with Gasteiger partial charge in [0.1, 0.15) is 0 Å². The van der Waals surface area contributed by atoms with Gasteiger partial charge < -0.3 is 9.88 Å². The first kappa shape index (κ1) is 13.5. The van der Waals surface area contributed by atoms with Crippen LogP contribution in [-0.2, 0) is 7.05 Å². The second kappa shape index (κ2) is 5.46. The summed E-state index contributed by atoms with van der Waals surface area (Å²) in [6, 6.07) is 14.2. The fourth-order valence-electron chi connectivity index (χ4n) is 2.05. The number of carbonyl (C=O) groups excluding carboxylic acids is 1. The van der Waals surface area contributed by atoms with Crippen LogP contribution >= 0.6 is 11.6 Å². The maximum absolute atomic E-state index is 12.0. The van der Waals surface area contributed by atoms with Crippen molar-refractivity contribution in [3.8, 4) is 0 Å². The molecule has 6 heteroatoms. The molecule has 0 aliphatic heterocycles. The van der Waals surface area contributed by atoms with Crippen molar-refractivity contribution < 1.29 is 4.79 Å². The molecule has 21 heavy (non-hydrogen) atoms. The van der Waals surface area contributed by atoms with Crippen LogP contribution in [0.1, 0.15) is 0 Å². The van der Waals surface area contributed by atoms with Crippen molar-refractivity contribution in [2.24, 2.45) is 7.05 Å². The third-order valence-electron chi connectivity index (χ3n) is 3.11. The number of aryl methyl sites for hydroxylation is 1. The first-order valence-corrected chi connectivity index (χ1v) is 6.76. The second-order valence-electron chi connectivity index (χ2n) is 4.57. The third kappa shape index (κ3) is 2.83. The quantitative estimate of drug-likeness (QED) is 0.755. The molecule has 106 valence electrons. The number of urea groups is 1. The molecule has 0 saturated carbocycles. The van der Waals surface area contributed by atoms with Gasteiger partial charge >= 0.3 is 6.03 Å². The highest BCUT2D eigenvalue weighted by atomic mass is 35.5. The lowest BCUT2D eigenvalue weighted by atomic mass is 10.3. The number of rotatable bonds is 2. The van der Waals surface area contributed by atoms with E-state index in [0.717, 1.165) is 11.0 Å². The van der Waals surface area contributed by atoms with Crippen molar-refractivity contribution >= 4 is 40.3 Å². The summed E-state index contributed by atoms with van der Waals surface area (Å²) in [5.41, 5.74) is 2.46.